The van der Waals surface area contributed by atoms with E-state index in [9.17, 15) is 10.1 Å². The molecule has 1 aliphatic carbocycles. The van der Waals surface area contributed by atoms with Gasteiger partial charge < -0.3 is 9.64 Å². The van der Waals surface area contributed by atoms with Gasteiger partial charge in [-0.05, 0) is 46.1 Å². The molecule has 1 heterocycles. The Morgan fingerprint density at radius 3 is 2.39 bits per heavy atom. The number of rotatable bonds is 1. The van der Waals surface area contributed by atoms with Gasteiger partial charge in [0, 0.05) is 12.5 Å². The van der Waals surface area contributed by atoms with Gasteiger partial charge in [-0.3, -0.25) is 0 Å². The highest BCUT2D eigenvalue weighted by molar-refractivity contribution is 5.71. The SMILES string of the molecule is Cc1ccc([C@@H]2CN(C(=O)OC(C)(C)C)C3(CC3)[C@H]2C#N)cc1. The standard InChI is InChI=1S/C19H24N2O2/c1-13-5-7-14(8-6-13)15-12-21(17(22)23-18(2,3)4)19(9-10-19)16(15)11-20/h5-8,15-16H,9-10,12H2,1-4H3/t15-,16-/m0/s1. The van der Waals surface area contributed by atoms with Crippen LogP contribution in [0.25, 0.3) is 0 Å². The molecule has 1 aliphatic heterocycles. The molecule has 0 unspecified atom stereocenters. The van der Waals surface area contributed by atoms with Crippen LogP contribution in [0.4, 0.5) is 4.79 Å². The molecule has 122 valence electrons. The zero-order valence-corrected chi connectivity index (χ0v) is 14.3. The summed E-state index contributed by atoms with van der Waals surface area (Å²) in [4.78, 5) is 14.4. The first-order valence-corrected chi connectivity index (χ1v) is 8.24. The molecule has 0 N–H and O–H groups in total. The second kappa shape index (κ2) is 5.26. The van der Waals surface area contributed by atoms with E-state index in [-0.39, 0.29) is 23.5 Å². The van der Waals surface area contributed by atoms with Gasteiger partial charge in [-0.15, -0.1) is 0 Å². The van der Waals surface area contributed by atoms with Crippen molar-refractivity contribution in [2.75, 3.05) is 6.54 Å². The summed E-state index contributed by atoms with van der Waals surface area (Å²) < 4.78 is 5.57. The molecule has 4 heteroatoms. The largest absolute Gasteiger partial charge is 0.444 e. The Bertz CT molecular complexity index is 647. The van der Waals surface area contributed by atoms with Crippen molar-refractivity contribution in [2.45, 2.75) is 57.6 Å². The highest BCUT2D eigenvalue weighted by Gasteiger charge is 2.64. The van der Waals surface area contributed by atoms with Crippen molar-refractivity contribution < 1.29 is 9.53 Å². The third-order valence-corrected chi connectivity index (χ3v) is 4.92. The molecular weight excluding hydrogens is 288 g/mol. The number of carbonyl (C=O) groups is 1. The van der Waals surface area contributed by atoms with Crippen molar-refractivity contribution in [3.05, 3.63) is 35.4 Å². The van der Waals surface area contributed by atoms with Crippen LogP contribution >= 0.6 is 0 Å². The maximum Gasteiger partial charge on any atom is 0.410 e. The molecular formula is C19H24N2O2. The van der Waals surface area contributed by atoms with Gasteiger partial charge in [0.1, 0.15) is 5.60 Å². The second-order valence-corrected chi connectivity index (χ2v) is 7.82. The van der Waals surface area contributed by atoms with E-state index >= 15 is 0 Å². The fourth-order valence-corrected chi connectivity index (χ4v) is 3.63. The fraction of sp³-hybridized carbons (Fsp3) is 0.579. The molecule has 2 fully saturated rings. The maximum absolute atomic E-state index is 12.6. The minimum Gasteiger partial charge on any atom is -0.444 e. The van der Waals surface area contributed by atoms with E-state index < -0.39 is 5.60 Å². The first kappa shape index (κ1) is 15.9. The van der Waals surface area contributed by atoms with Gasteiger partial charge in [0.15, 0.2) is 0 Å². The monoisotopic (exact) mass is 312 g/mol. The third-order valence-electron chi connectivity index (χ3n) is 4.92. The minimum absolute atomic E-state index is 0.0654. The van der Waals surface area contributed by atoms with Crippen molar-refractivity contribution >= 4 is 6.09 Å². The number of hydrogen-bond donors (Lipinski definition) is 0. The lowest BCUT2D eigenvalue weighted by Crippen LogP contribution is -2.42. The summed E-state index contributed by atoms with van der Waals surface area (Å²) in [6, 6.07) is 10.8. The van der Waals surface area contributed by atoms with Gasteiger partial charge in [-0.2, -0.15) is 5.26 Å². The molecule has 23 heavy (non-hydrogen) atoms. The van der Waals surface area contributed by atoms with Crippen LogP contribution in [0.5, 0.6) is 0 Å². The normalized spacial score (nSPS) is 25.3. The number of hydrogen-bond acceptors (Lipinski definition) is 3. The molecule has 4 nitrogen and oxygen atoms in total. The predicted octanol–water partition coefficient (Wildman–Crippen LogP) is 4.00. The lowest BCUT2D eigenvalue weighted by atomic mass is 9.85. The van der Waals surface area contributed by atoms with E-state index in [1.165, 1.54) is 5.56 Å². The summed E-state index contributed by atoms with van der Waals surface area (Å²) in [6.45, 7) is 8.24. The molecule has 3 rings (SSSR count). The molecule has 0 aromatic heterocycles. The second-order valence-electron chi connectivity index (χ2n) is 7.82. The highest BCUT2D eigenvalue weighted by Crippen LogP contribution is 2.57. The average molecular weight is 312 g/mol. The van der Waals surface area contributed by atoms with Crippen molar-refractivity contribution in [3.8, 4) is 6.07 Å². The molecule has 1 saturated heterocycles. The Hall–Kier alpha value is -2.02. The van der Waals surface area contributed by atoms with Crippen LogP contribution in [0.3, 0.4) is 0 Å². The zero-order valence-electron chi connectivity index (χ0n) is 14.3. The van der Waals surface area contributed by atoms with Crippen LogP contribution in [0.15, 0.2) is 24.3 Å². The average Bonchev–Trinajstić information content (AvgIpc) is 3.15. The lowest BCUT2D eigenvalue weighted by molar-refractivity contribution is 0.0190. The Labute approximate surface area is 138 Å². The summed E-state index contributed by atoms with van der Waals surface area (Å²) in [5.41, 5.74) is 1.51. The number of aryl methyl sites for hydroxylation is 1. The van der Waals surface area contributed by atoms with Crippen molar-refractivity contribution in [3.63, 3.8) is 0 Å². The number of amides is 1. The third kappa shape index (κ3) is 2.81. The van der Waals surface area contributed by atoms with Crippen LogP contribution in [0.2, 0.25) is 0 Å². The van der Waals surface area contributed by atoms with Crippen LogP contribution in [0, 0.1) is 24.2 Å². The Morgan fingerprint density at radius 2 is 1.91 bits per heavy atom. The van der Waals surface area contributed by atoms with E-state index in [1.54, 1.807) is 0 Å². The van der Waals surface area contributed by atoms with Gasteiger partial charge in [-0.1, -0.05) is 29.8 Å². The van der Waals surface area contributed by atoms with Crippen LogP contribution in [-0.4, -0.2) is 28.7 Å². The minimum atomic E-state index is -0.517. The quantitative estimate of drug-likeness (QED) is 0.787. The predicted molar refractivity (Wildman–Crippen MR) is 87.9 cm³/mol. The van der Waals surface area contributed by atoms with Gasteiger partial charge in [0.25, 0.3) is 0 Å². The van der Waals surface area contributed by atoms with Crippen LogP contribution in [-0.2, 0) is 4.74 Å². The lowest BCUT2D eigenvalue weighted by Gasteiger charge is -2.29. The van der Waals surface area contributed by atoms with E-state index in [4.69, 9.17) is 4.74 Å². The zero-order chi connectivity index (χ0) is 16.8. The first-order valence-electron chi connectivity index (χ1n) is 8.24. The van der Waals surface area contributed by atoms with Crippen molar-refractivity contribution in [1.82, 2.24) is 4.90 Å². The fourth-order valence-electron chi connectivity index (χ4n) is 3.63. The summed E-state index contributed by atoms with van der Waals surface area (Å²) >= 11 is 0. The van der Waals surface area contributed by atoms with E-state index in [0.29, 0.717) is 6.54 Å². The van der Waals surface area contributed by atoms with Gasteiger partial charge in [0.05, 0.1) is 17.5 Å². The van der Waals surface area contributed by atoms with E-state index in [0.717, 1.165) is 18.4 Å². The summed E-state index contributed by atoms with van der Waals surface area (Å²) in [5.74, 6) is -0.0895. The van der Waals surface area contributed by atoms with Gasteiger partial charge in [0.2, 0.25) is 0 Å². The van der Waals surface area contributed by atoms with Gasteiger partial charge in [-0.25, -0.2) is 4.79 Å². The van der Waals surface area contributed by atoms with E-state index in [2.05, 4.69) is 37.3 Å². The smallest absolute Gasteiger partial charge is 0.410 e. The maximum atomic E-state index is 12.6. The number of nitriles is 1. The van der Waals surface area contributed by atoms with Crippen molar-refractivity contribution in [1.29, 1.82) is 5.26 Å². The summed E-state index contributed by atoms with van der Waals surface area (Å²) in [6.07, 6.45) is 1.50. The number of ether oxygens (including phenoxy) is 1. The molecule has 1 spiro atoms. The molecule has 1 aromatic rings. The number of likely N-dealkylation sites (tertiary alicyclic amines) is 1. The number of benzene rings is 1. The molecule has 2 aliphatic rings. The van der Waals surface area contributed by atoms with Crippen molar-refractivity contribution in [2.24, 2.45) is 5.92 Å². The number of carbonyl (C=O) groups excluding carboxylic acids is 1. The summed E-state index contributed by atoms with van der Waals surface area (Å²) in [5, 5.41) is 9.73. The first-order chi connectivity index (χ1) is 10.8. The topological polar surface area (TPSA) is 53.3 Å². The molecule has 1 amide bonds. The highest BCUT2D eigenvalue weighted by atomic mass is 16.6. The molecule has 0 radical (unpaired) electrons. The van der Waals surface area contributed by atoms with Gasteiger partial charge >= 0.3 is 6.09 Å². The van der Waals surface area contributed by atoms with Crippen LogP contribution < -0.4 is 0 Å². The van der Waals surface area contributed by atoms with Crippen LogP contribution in [0.1, 0.15) is 50.7 Å². The Balaban J connectivity index is 1.88. The molecule has 1 aromatic carbocycles. The Kier molecular flexibility index (Phi) is 3.63. The van der Waals surface area contributed by atoms with E-state index in [1.807, 2.05) is 25.7 Å². The molecule has 1 saturated carbocycles. The number of nitrogens with zero attached hydrogens (tertiary/aromatic N) is 2. The molecule has 2 atom stereocenters. The molecule has 0 bridgehead atoms. The Morgan fingerprint density at radius 1 is 1.30 bits per heavy atom. The summed E-state index contributed by atoms with van der Waals surface area (Å²) in [7, 11) is 0.